The molecule has 1 fully saturated rings. The highest BCUT2D eigenvalue weighted by Gasteiger charge is 2.23. The minimum absolute atomic E-state index is 0.0547. The maximum Gasteiger partial charge on any atom is 0.331 e. The number of aromatic hydroxyl groups is 1. The summed E-state index contributed by atoms with van der Waals surface area (Å²) in [5.41, 5.74) is -0.531. The standard InChI is InChI=1S/C17H28N4O3/c1-12(18-10-11-21(2,3)4)14-15(22)19-17(24)20(16(14)23)13-8-6-5-7-9-13/h13H,5-11H2,1-4H3,(H-,18,19,22,23,24)/p+1. The van der Waals surface area contributed by atoms with Gasteiger partial charge in [-0.2, -0.15) is 0 Å². The first-order valence-corrected chi connectivity index (χ1v) is 8.60. The van der Waals surface area contributed by atoms with E-state index in [0.717, 1.165) is 43.1 Å². The van der Waals surface area contributed by atoms with Crippen molar-refractivity contribution in [2.75, 3.05) is 34.2 Å². The molecule has 1 aliphatic carbocycles. The van der Waals surface area contributed by atoms with Crippen molar-refractivity contribution < 1.29 is 9.59 Å². The fourth-order valence-electron chi connectivity index (χ4n) is 3.14. The van der Waals surface area contributed by atoms with Crippen LogP contribution in [-0.2, 0) is 0 Å². The monoisotopic (exact) mass is 337 g/mol. The zero-order valence-electron chi connectivity index (χ0n) is 15.1. The van der Waals surface area contributed by atoms with Gasteiger partial charge in [0.25, 0.3) is 5.56 Å². The van der Waals surface area contributed by atoms with E-state index in [-0.39, 0.29) is 17.5 Å². The second-order valence-electron chi connectivity index (χ2n) is 7.60. The molecular formula is C17H29N4O3+. The number of likely N-dealkylation sites (N-methyl/N-ethyl adjacent to an activating group) is 1. The fourth-order valence-corrected chi connectivity index (χ4v) is 3.14. The Morgan fingerprint density at radius 3 is 2.46 bits per heavy atom. The van der Waals surface area contributed by atoms with Crippen molar-refractivity contribution in [3.05, 3.63) is 26.4 Å². The lowest BCUT2D eigenvalue weighted by molar-refractivity contribution is -0.868. The zero-order valence-corrected chi connectivity index (χ0v) is 15.1. The predicted molar refractivity (Wildman–Crippen MR) is 95.1 cm³/mol. The maximum atomic E-state index is 12.2. The Balaban J connectivity index is 2.37. The molecule has 1 aromatic rings. The number of hydrogen-bond acceptors (Lipinski definition) is 4. The summed E-state index contributed by atoms with van der Waals surface area (Å²) in [6.07, 6.45) is 4.89. The highest BCUT2D eigenvalue weighted by Crippen LogP contribution is 2.30. The minimum atomic E-state index is -0.573. The number of aromatic amines is 1. The predicted octanol–water partition coefficient (Wildman–Crippen LogP) is 1.26. The van der Waals surface area contributed by atoms with Gasteiger partial charge in [0.15, 0.2) is 0 Å². The zero-order chi connectivity index (χ0) is 17.9. The molecule has 2 rings (SSSR count). The Labute approximate surface area is 142 Å². The van der Waals surface area contributed by atoms with Gasteiger partial charge in [-0.15, -0.1) is 0 Å². The van der Waals surface area contributed by atoms with Gasteiger partial charge < -0.3 is 9.59 Å². The maximum absolute atomic E-state index is 12.2. The Kier molecular flexibility index (Phi) is 5.64. The number of H-pyrrole nitrogens is 1. The van der Waals surface area contributed by atoms with E-state index in [9.17, 15) is 14.7 Å². The third-order valence-electron chi connectivity index (χ3n) is 4.54. The Hall–Kier alpha value is -1.89. The van der Waals surface area contributed by atoms with E-state index < -0.39 is 11.2 Å². The molecule has 0 aliphatic heterocycles. The van der Waals surface area contributed by atoms with Crippen LogP contribution in [0, 0.1) is 0 Å². The van der Waals surface area contributed by atoms with Crippen LogP contribution in [0.4, 0.5) is 0 Å². The lowest BCUT2D eigenvalue weighted by Crippen LogP contribution is -2.37. The van der Waals surface area contributed by atoms with Gasteiger partial charge >= 0.3 is 5.69 Å². The molecular weight excluding hydrogens is 308 g/mol. The molecule has 0 saturated heterocycles. The molecule has 0 bridgehead atoms. The molecule has 0 aromatic carbocycles. The lowest BCUT2D eigenvalue weighted by Gasteiger charge is -2.25. The van der Waals surface area contributed by atoms with Crippen molar-refractivity contribution in [2.24, 2.45) is 4.99 Å². The van der Waals surface area contributed by atoms with Gasteiger partial charge in [-0.3, -0.25) is 19.3 Å². The van der Waals surface area contributed by atoms with E-state index in [1.165, 1.54) is 4.57 Å². The third kappa shape index (κ3) is 4.35. The molecule has 134 valence electrons. The number of aromatic nitrogens is 2. The summed E-state index contributed by atoms with van der Waals surface area (Å²) in [4.78, 5) is 31.1. The van der Waals surface area contributed by atoms with Gasteiger partial charge in [-0.25, -0.2) is 4.79 Å². The van der Waals surface area contributed by atoms with Gasteiger partial charge in [0, 0.05) is 6.04 Å². The van der Waals surface area contributed by atoms with Crippen LogP contribution in [0.25, 0.3) is 0 Å². The van der Waals surface area contributed by atoms with Crippen LogP contribution in [-0.4, -0.2) is 59.1 Å². The number of hydrogen-bond donors (Lipinski definition) is 2. The normalized spacial score (nSPS) is 17.2. The highest BCUT2D eigenvalue weighted by atomic mass is 16.3. The van der Waals surface area contributed by atoms with E-state index in [4.69, 9.17) is 0 Å². The molecule has 1 aliphatic rings. The van der Waals surface area contributed by atoms with Crippen LogP contribution in [0.1, 0.15) is 50.6 Å². The summed E-state index contributed by atoms with van der Waals surface area (Å²) >= 11 is 0. The summed E-state index contributed by atoms with van der Waals surface area (Å²) in [5.74, 6) is -0.248. The molecule has 0 atom stereocenters. The molecule has 1 aromatic heterocycles. The number of aliphatic imine (C=N–C) groups is 1. The van der Waals surface area contributed by atoms with Gasteiger partial charge in [-0.1, -0.05) is 19.3 Å². The van der Waals surface area contributed by atoms with Crippen LogP contribution < -0.4 is 11.2 Å². The smallest absolute Gasteiger partial charge is 0.331 e. The van der Waals surface area contributed by atoms with Gasteiger partial charge in [-0.05, 0) is 19.8 Å². The SMILES string of the molecule is CC(=NCC[N+](C)(C)C)c1c(O)n(C2CCCCC2)c(=O)[nH]c1=O. The number of quaternary nitrogens is 1. The van der Waals surface area contributed by atoms with Crippen LogP contribution in [0.2, 0.25) is 0 Å². The number of nitrogens with one attached hydrogen (secondary N) is 1. The summed E-state index contributed by atoms with van der Waals surface area (Å²) in [6, 6.07) is -0.0547. The van der Waals surface area contributed by atoms with Gasteiger partial charge in [0.05, 0.1) is 39.9 Å². The molecule has 2 N–H and O–H groups in total. The largest absolute Gasteiger partial charge is 0.494 e. The van der Waals surface area contributed by atoms with E-state index in [1.807, 2.05) is 0 Å². The molecule has 1 saturated carbocycles. The van der Waals surface area contributed by atoms with E-state index in [1.54, 1.807) is 6.92 Å². The Morgan fingerprint density at radius 2 is 1.88 bits per heavy atom. The van der Waals surface area contributed by atoms with Crippen LogP contribution in [0.3, 0.4) is 0 Å². The van der Waals surface area contributed by atoms with E-state index >= 15 is 0 Å². The van der Waals surface area contributed by atoms with Crippen LogP contribution in [0.5, 0.6) is 5.88 Å². The fraction of sp³-hybridized carbons (Fsp3) is 0.706. The van der Waals surface area contributed by atoms with Crippen molar-refractivity contribution in [2.45, 2.75) is 45.1 Å². The quantitative estimate of drug-likeness (QED) is 0.626. The van der Waals surface area contributed by atoms with Crippen molar-refractivity contribution in [3.63, 3.8) is 0 Å². The van der Waals surface area contributed by atoms with Crippen LogP contribution >= 0.6 is 0 Å². The molecule has 24 heavy (non-hydrogen) atoms. The van der Waals surface area contributed by atoms with Gasteiger partial charge in [0.1, 0.15) is 5.56 Å². The molecule has 7 heteroatoms. The van der Waals surface area contributed by atoms with E-state index in [0.29, 0.717) is 12.3 Å². The second-order valence-corrected chi connectivity index (χ2v) is 7.60. The van der Waals surface area contributed by atoms with Crippen molar-refractivity contribution in [3.8, 4) is 5.88 Å². The topological polar surface area (TPSA) is 87.4 Å². The summed E-state index contributed by atoms with van der Waals surface area (Å²) < 4.78 is 2.11. The second kappa shape index (κ2) is 7.34. The highest BCUT2D eigenvalue weighted by molar-refractivity contribution is 6.00. The van der Waals surface area contributed by atoms with Crippen molar-refractivity contribution in [1.82, 2.24) is 9.55 Å². The first-order chi connectivity index (χ1) is 11.2. The van der Waals surface area contributed by atoms with Crippen molar-refractivity contribution >= 4 is 5.71 Å². The summed E-state index contributed by atoms with van der Waals surface area (Å²) in [7, 11) is 6.20. The Bertz CT molecular complexity index is 719. The van der Waals surface area contributed by atoms with Gasteiger partial charge in [0.2, 0.25) is 5.88 Å². The molecule has 0 unspecified atom stereocenters. The number of rotatable bonds is 5. The molecule has 7 nitrogen and oxygen atoms in total. The molecule has 0 amide bonds. The molecule has 1 heterocycles. The third-order valence-corrected chi connectivity index (χ3v) is 4.54. The average Bonchev–Trinajstić information content (AvgIpc) is 2.46. The molecule has 0 spiro atoms. The number of nitrogens with zero attached hydrogens (tertiary/aromatic N) is 3. The first-order valence-electron chi connectivity index (χ1n) is 8.60. The average molecular weight is 337 g/mol. The summed E-state index contributed by atoms with van der Waals surface area (Å²) in [5, 5.41) is 10.6. The van der Waals surface area contributed by atoms with E-state index in [2.05, 4.69) is 31.1 Å². The van der Waals surface area contributed by atoms with Crippen LogP contribution in [0.15, 0.2) is 14.6 Å². The first kappa shape index (κ1) is 18.4. The lowest BCUT2D eigenvalue weighted by atomic mass is 9.95. The molecule has 0 radical (unpaired) electrons. The Morgan fingerprint density at radius 1 is 1.25 bits per heavy atom. The minimum Gasteiger partial charge on any atom is -0.494 e. The van der Waals surface area contributed by atoms with Crippen molar-refractivity contribution in [1.29, 1.82) is 0 Å². The summed E-state index contributed by atoms with van der Waals surface area (Å²) in [6.45, 7) is 3.07.